The summed E-state index contributed by atoms with van der Waals surface area (Å²) in [5, 5.41) is 11.9. The van der Waals surface area contributed by atoms with Crippen LogP contribution < -0.4 is 10.7 Å². The van der Waals surface area contributed by atoms with E-state index in [1.807, 2.05) is 6.07 Å². The maximum Gasteiger partial charge on any atom is 0.425 e. The Morgan fingerprint density at radius 1 is 1.21 bits per heavy atom. The minimum atomic E-state index is -1.32. The molecule has 0 bridgehead atoms. The van der Waals surface area contributed by atoms with Crippen molar-refractivity contribution in [3.05, 3.63) is 35.9 Å². The number of rotatable bonds is 4. The first-order valence-corrected chi connectivity index (χ1v) is 7.39. The van der Waals surface area contributed by atoms with Crippen LogP contribution in [0.5, 0.6) is 0 Å². The molecule has 0 saturated heterocycles. The summed E-state index contributed by atoms with van der Waals surface area (Å²) in [6, 6.07) is 8.07. The molecule has 0 saturated carbocycles. The number of carbonyl (C=O) groups is 3. The molecule has 1 rings (SSSR count). The number of hydrogen-bond donors (Lipinski definition) is 3. The van der Waals surface area contributed by atoms with E-state index in [0.29, 0.717) is 5.01 Å². The third kappa shape index (κ3) is 6.99. The highest BCUT2D eigenvalue weighted by Gasteiger charge is 2.26. The van der Waals surface area contributed by atoms with E-state index < -0.39 is 29.7 Å². The van der Waals surface area contributed by atoms with Gasteiger partial charge in [0.05, 0.1) is 0 Å². The molecule has 0 spiro atoms. The Labute approximate surface area is 140 Å². The van der Waals surface area contributed by atoms with Gasteiger partial charge in [0.1, 0.15) is 11.6 Å². The van der Waals surface area contributed by atoms with Gasteiger partial charge in [-0.15, -0.1) is 0 Å². The Morgan fingerprint density at radius 2 is 1.79 bits per heavy atom. The Kier molecular flexibility index (Phi) is 6.58. The number of benzene rings is 1. The van der Waals surface area contributed by atoms with Gasteiger partial charge in [0.15, 0.2) is 0 Å². The second-order valence-corrected chi connectivity index (χ2v) is 6.21. The van der Waals surface area contributed by atoms with Gasteiger partial charge in [0.25, 0.3) is 5.91 Å². The van der Waals surface area contributed by atoms with Crippen LogP contribution in [0.4, 0.5) is 9.59 Å². The van der Waals surface area contributed by atoms with Crippen LogP contribution in [0.1, 0.15) is 26.3 Å². The zero-order valence-corrected chi connectivity index (χ0v) is 14.2. The smallest absolute Gasteiger partial charge is 0.425 e. The van der Waals surface area contributed by atoms with Crippen molar-refractivity contribution in [1.29, 1.82) is 0 Å². The van der Waals surface area contributed by atoms with E-state index >= 15 is 0 Å². The SMILES string of the molecule is CN(NC(=O)[C@H](Cc1ccccc1)NC(=O)OC(C)(C)C)C(=O)O. The van der Waals surface area contributed by atoms with Crippen LogP contribution >= 0.6 is 0 Å². The molecule has 0 radical (unpaired) electrons. The largest absolute Gasteiger partial charge is 0.464 e. The second-order valence-electron chi connectivity index (χ2n) is 6.21. The van der Waals surface area contributed by atoms with Crippen LogP contribution in [0.25, 0.3) is 0 Å². The Bertz CT molecular complexity index is 583. The molecular weight excluding hydrogens is 314 g/mol. The lowest BCUT2D eigenvalue weighted by Gasteiger charge is -2.24. The van der Waals surface area contributed by atoms with Gasteiger partial charge in [-0.3, -0.25) is 10.2 Å². The summed E-state index contributed by atoms with van der Waals surface area (Å²) in [6.07, 6.45) is -1.88. The van der Waals surface area contributed by atoms with Gasteiger partial charge >= 0.3 is 12.2 Å². The number of hydrogen-bond acceptors (Lipinski definition) is 4. The Balaban J connectivity index is 2.84. The van der Waals surface area contributed by atoms with Crippen molar-refractivity contribution >= 4 is 18.1 Å². The number of hydrazine groups is 1. The predicted molar refractivity (Wildman–Crippen MR) is 87.2 cm³/mol. The molecular formula is C16H23N3O5. The topological polar surface area (TPSA) is 108 Å². The highest BCUT2D eigenvalue weighted by Crippen LogP contribution is 2.08. The predicted octanol–water partition coefficient (Wildman–Crippen LogP) is 1.76. The molecule has 3 N–H and O–H groups in total. The zero-order chi connectivity index (χ0) is 18.3. The van der Waals surface area contributed by atoms with E-state index in [0.717, 1.165) is 5.56 Å². The summed E-state index contributed by atoms with van der Waals surface area (Å²) < 4.78 is 5.15. The first-order chi connectivity index (χ1) is 11.1. The second kappa shape index (κ2) is 8.19. The van der Waals surface area contributed by atoms with E-state index in [9.17, 15) is 14.4 Å². The molecule has 1 atom stereocenters. The molecule has 8 heteroatoms. The lowest BCUT2D eigenvalue weighted by molar-refractivity contribution is -0.126. The van der Waals surface area contributed by atoms with Crippen LogP contribution in [0, 0.1) is 0 Å². The van der Waals surface area contributed by atoms with Gasteiger partial charge in [-0.25, -0.2) is 14.6 Å². The minimum Gasteiger partial charge on any atom is -0.464 e. The van der Waals surface area contributed by atoms with Crippen LogP contribution in [0.2, 0.25) is 0 Å². The molecule has 0 aliphatic rings. The average Bonchev–Trinajstić information content (AvgIpc) is 2.45. The number of nitrogens with zero attached hydrogens (tertiary/aromatic N) is 1. The number of ether oxygens (including phenoxy) is 1. The van der Waals surface area contributed by atoms with Gasteiger partial charge in [0.2, 0.25) is 0 Å². The summed E-state index contributed by atoms with van der Waals surface area (Å²) in [5.41, 5.74) is 2.29. The van der Waals surface area contributed by atoms with E-state index in [1.54, 1.807) is 45.0 Å². The lowest BCUT2D eigenvalue weighted by atomic mass is 10.1. The molecule has 0 aliphatic carbocycles. The molecule has 24 heavy (non-hydrogen) atoms. The molecule has 0 fully saturated rings. The number of amides is 3. The van der Waals surface area contributed by atoms with E-state index in [4.69, 9.17) is 9.84 Å². The summed E-state index contributed by atoms with van der Waals surface area (Å²) in [4.78, 5) is 35.0. The molecule has 0 heterocycles. The molecule has 8 nitrogen and oxygen atoms in total. The summed E-state index contributed by atoms with van der Waals surface area (Å²) in [6.45, 7) is 5.12. The van der Waals surface area contributed by atoms with Gasteiger partial charge in [-0.1, -0.05) is 30.3 Å². The lowest BCUT2D eigenvalue weighted by Crippen LogP contribution is -2.54. The first-order valence-electron chi connectivity index (χ1n) is 7.39. The maximum atomic E-state index is 12.3. The molecule has 1 aromatic rings. The van der Waals surface area contributed by atoms with Crippen LogP contribution in [0.3, 0.4) is 0 Å². The standard InChI is InChI=1S/C16H23N3O5/c1-16(2,3)24-14(21)17-12(10-11-8-6-5-7-9-11)13(20)18-19(4)15(22)23/h5-9,12H,10H2,1-4H3,(H,17,21)(H,18,20)(H,22,23)/t12-/m0/s1. The highest BCUT2D eigenvalue weighted by molar-refractivity contribution is 5.87. The fourth-order valence-electron chi connectivity index (χ4n) is 1.80. The number of alkyl carbamates (subject to hydrolysis) is 1. The van der Waals surface area contributed by atoms with Crippen molar-refractivity contribution in [1.82, 2.24) is 15.8 Å². The average molecular weight is 337 g/mol. The van der Waals surface area contributed by atoms with Crippen molar-refractivity contribution in [2.45, 2.75) is 38.8 Å². The maximum absolute atomic E-state index is 12.3. The normalized spacial score (nSPS) is 12.0. The van der Waals surface area contributed by atoms with Gasteiger partial charge in [-0.05, 0) is 26.3 Å². The van der Waals surface area contributed by atoms with Crippen LogP contribution in [-0.4, -0.2) is 46.9 Å². The van der Waals surface area contributed by atoms with Crippen LogP contribution in [0.15, 0.2) is 30.3 Å². The van der Waals surface area contributed by atoms with Crippen molar-refractivity contribution in [2.24, 2.45) is 0 Å². The quantitative estimate of drug-likeness (QED) is 0.726. The number of nitrogens with one attached hydrogen (secondary N) is 2. The molecule has 3 amide bonds. The van der Waals surface area contributed by atoms with E-state index in [-0.39, 0.29) is 6.42 Å². The third-order valence-electron chi connectivity index (χ3n) is 2.85. The van der Waals surface area contributed by atoms with Gasteiger partial charge < -0.3 is 15.2 Å². The van der Waals surface area contributed by atoms with Crippen molar-refractivity contribution < 1.29 is 24.2 Å². The fourth-order valence-corrected chi connectivity index (χ4v) is 1.80. The van der Waals surface area contributed by atoms with Gasteiger partial charge in [0, 0.05) is 13.5 Å². The molecule has 0 aromatic heterocycles. The Hall–Kier alpha value is -2.77. The zero-order valence-electron chi connectivity index (χ0n) is 14.2. The van der Waals surface area contributed by atoms with Crippen molar-refractivity contribution in [3.63, 3.8) is 0 Å². The molecule has 132 valence electrons. The number of carbonyl (C=O) groups excluding carboxylic acids is 2. The first kappa shape index (κ1) is 19.3. The minimum absolute atomic E-state index is 0.194. The summed E-state index contributed by atoms with van der Waals surface area (Å²) in [5.74, 6) is -0.658. The van der Waals surface area contributed by atoms with E-state index in [1.165, 1.54) is 7.05 Å². The van der Waals surface area contributed by atoms with Crippen LogP contribution in [-0.2, 0) is 16.0 Å². The summed E-state index contributed by atoms with van der Waals surface area (Å²) in [7, 11) is 1.19. The van der Waals surface area contributed by atoms with E-state index in [2.05, 4.69) is 10.7 Å². The highest BCUT2D eigenvalue weighted by atomic mass is 16.6. The van der Waals surface area contributed by atoms with Crippen molar-refractivity contribution in [2.75, 3.05) is 7.05 Å². The van der Waals surface area contributed by atoms with Crippen molar-refractivity contribution in [3.8, 4) is 0 Å². The monoisotopic (exact) mass is 337 g/mol. The Morgan fingerprint density at radius 3 is 2.29 bits per heavy atom. The summed E-state index contributed by atoms with van der Waals surface area (Å²) >= 11 is 0. The molecule has 1 aromatic carbocycles. The fraction of sp³-hybridized carbons (Fsp3) is 0.438. The molecule has 0 aliphatic heterocycles. The third-order valence-corrected chi connectivity index (χ3v) is 2.85. The number of carboxylic acid groups (broad SMARTS) is 1. The van der Waals surface area contributed by atoms with Gasteiger partial charge in [-0.2, -0.15) is 0 Å². The molecule has 0 unspecified atom stereocenters.